The van der Waals surface area contributed by atoms with Gasteiger partial charge in [-0.15, -0.1) is 0 Å². The molecule has 0 fully saturated rings. The number of nitrogens with one attached hydrogen (secondary N) is 1. The van der Waals surface area contributed by atoms with Gasteiger partial charge in [-0.05, 0) is 23.8 Å². The third-order valence-corrected chi connectivity index (χ3v) is 2.83. The van der Waals surface area contributed by atoms with E-state index in [0.717, 1.165) is 0 Å². The second kappa shape index (κ2) is 4.20. The summed E-state index contributed by atoms with van der Waals surface area (Å²) in [5, 5.41) is 15.7. The maximum Gasteiger partial charge on any atom is 0.352 e. The molecule has 7 heteroatoms. The molecule has 96 valence electrons. The molecule has 1 aromatic carbocycles. The molecular weight excluding hydrogens is 251 g/mol. The van der Waals surface area contributed by atoms with Gasteiger partial charge in [-0.1, -0.05) is 12.1 Å². The van der Waals surface area contributed by atoms with Crippen LogP contribution in [0.4, 0.5) is 10.3 Å². The molecule has 2 N–H and O–H groups in total. The first-order chi connectivity index (χ1) is 9.15. The number of carboxylic acids is 1. The van der Waals surface area contributed by atoms with Crippen molar-refractivity contribution in [2.45, 2.75) is 6.04 Å². The SMILES string of the molecule is O=C(O)C1=C[C@H](c2cccc(F)c2)n2ncnc2N1. The zero-order valence-electron chi connectivity index (χ0n) is 9.62. The lowest BCUT2D eigenvalue weighted by molar-refractivity contribution is -0.132. The highest BCUT2D eigenvalue weighted by atomic mass is 19.1. The Bertz CT molecular complexity index is 680. The predicted molar refractivity (Wildman–Crippen MR) is 63.9 cm³/mol. The van der Waals surface area contributed by atoms with Gasteiger partial charge >= 0.3 is 5.97 Å². The molecule has 0 bridgehead atoms. The van der Waals surface area contributed by atoms with Crippen LogP contribution in [0.1, 0.15) is 11.6 Å². The Morgan fingerprint density at radius 1 is 1.47 bits per heavy atom. The van der Waals surface area contributed by atoms with Crippen LogP contribution in [0.15, 0.2) is 42.4 Å². The molecular formula is C12H9FN4O2. The van der Waals surface area contributed by atoms with Gasteiger partial charge in [0.1, 0.15) is 23.9 Å². The van der Waals surface area contributed by atoms with Gasteiger partial charge in [0.05, 0.1) is 0 Å². The van der Waals surface area contributed by atoms with Crippen LogP contribution in [0.25, 0.3) is 0 Å². The summed E-state index contributed by atoms with van der Waals surface area (Å²) in [6.45, 7) is 0. The van der Waals surface area contributed by atoms with Crippen molar-refractivity contribution < 1.29 is 14.3 Å². The third-order valence-electron chi connectivity index (χ3n) is 2.83. The number of hydrogen-bond acceptors (Lipinski definition) is 4. The second-order valence-corrected chi connectivity index (χ2v) is 4.04. The van der Waals surface area contributed by atoms with Crippen molar-refractivity contribution in [1.82, 2.24) is 14.8 Å². The van der Waals surface area contributed by atoms with Crippen LogP contribution in [0.5, 0.6) is 0 Å². The summed E-state index contributed by atoms with van der Waals surface area (Å²) in [4.78, 5) is 15.0. The van der Waals surface area contributed by atoms with E-state index >= 15 is 0 Å². The van der Waals surface area contributed by atoms with Crippen LogP contribution >= 0.6 is 0 Å². The topological polar surface area (TPSA) is 80.0 Å². The number of carbonyl (C=O) groups is 1. The molecule has 1 atom stereocenters. The average molecular weight is 260 g/mol. The maximum atomic E-state index is 13.3. The maximum absolute atomic E-state index is 13.3. The quantitative estimate of drug-likeness (QED) is 0.853. The number of hydrogen-bond donors (Lipinski definition) is 2. The van der Waals surface area contributed by atoms with Crippen molar-refractivity contribution in [3.8, 4) is 0 Å². The molecule has 0 amide bonds. The molecule has 6 nitrogen and oxygen atoms in total. The van der Waals surface area contributed by atoms with Crippen LogP contribution in [-0.4, -0.2) is 25.8 Å². The second-order valence-electron chi connectivity index (χ2n) is 4.04. The number of allylic oxidation sites excluding steroid dienone is 1. The minimum atomic E-state index is -1.10. The Morgan fingerprint density at radius 3 is 3.05 bits per heavy atom. The fourth-order valence-corrected chi connectivity index (χ4v) is 1.99. The van der Waals surface area contributed by atoms with Gasteiger partial charge in [-0.2, -0.15) is 10.1 Å². The monoisotopic (exact) mass is 260 g/mol. The molecule has 0 saturated carbocycles. The number of anilines is 1. The first-order valence-corrected chi connectivity index (χ1v) is 5.52. The molecule has 0 spiro atoms. The largest absolute Gasteiger partial charge is 0.477 e. The highest BCUT2D eigenvalue weighted by molar-refractivity contribution is 5.90. The summed E-state index contributed by atoms with van der Waals surface area (Å²) in [5.74, 6) is -1.17. The van der Waals surface area contributed by atoms with E-state index in [1.165, 1.54) is 29.2 Å². The van der Waals surface area contributed by atoms with Crippen LogP contribution in [-0.2, 0) is 4.79 Å². The summed E-state index contributed by atoms with van der Waals surface area (Å²) >= 11 is 0. The fourth-order valence-electron chi connectivity index (χ4n) is 1.99. The zero-order valence-corrected chi connectivity index (χ0v) is 9.62. The summed E-state index contributed by atoms with van der Waals surface area (Å²) in [5.41, 5.74) is 0.599. The van der Waals surface area contributed by atoms with E-state index in [1.54, 1.807) is 12.1 Å². The van der Waals surface area contributed by atoms with Crippen molar-refractivity contribution in [2.24, 2.45) is 0 Å². The van der Waals surface area contributed by atoms with Crippen LogP contribution < -0.4 is 5.32 Å². The molecule has 0 aliphatic carbocycles. The van der Waals surface area contributed by atoms with Crippen LogP contribution in [0.2, 0.25) is 0 Å². The lowest BCUT2D eigenvalue weighted by Crippen LogP contribution is -2.24. The van der Waals surface area contributed by atoms with Crippen molar-refractivity contribution >= 4 is 11.9 Å². The van der Waals surface area contributed by atoms with Crippen LogP contribution in [0, 0.1) is 5.82 Å². The van der Waals surface area contributed by atoms with E-state index in [2.05, 4.69) is 15.4 Å². The summed E-state index contributed by atoms with van der Waals surface area (Å²) in [7, 11) is 0. The van der Waals surface area contributed by atoms with E-state index in [1.807, 2.05) is 0 Å². The molecule has 2 aromatic rings. The van der Waals surface area contributed by atoms with E-state index < -0.39 is 12.0 Å². The number of benzene rings is 1. The van der Waals surface area contributed by atoms with Crippen molar-refractivity contribution in [2.75, 3.05) is 5.32 Å². The zero-order chi connectivity index (χ0) is 13.4. The van der Waals surface area contributed by atoms with Gasteiger partial charge in [0.2, 0.25) is 5.95 Å². The summed E-state index contributed by atoms with van der Waals surface area (Å²) < 4.78 is 14.8. The first-order valence-electron chi connectivity index (χ1n) is 5.52. The molecule has 0 saturated heterocycles. The van der Waals surface area contributed by atoms with Crippen molar-refractivity contribution in [1.29, 1.82) is 0 Å². The summed E-state index contributed by atoms with van der Waals surface area (Å²) in [6.07, 6.45) is 2.78. The highest BCUT2D eigenvalue weighted by Gasteiger charge is 2.25. The number of halogens is 1. The molecule has 1 aromatic heterocycles. The standard InChI is InChI=1S/C12H9FN4O2/c13-8-3-1-2-7(4-8)10-5-9(11(18)19)16-12-14-6-15-17(10)12/h1-6,10H,(H,18,19)(H,14,15,16)/t10-/m1/s1. The Labute approximate surface area is 107 Å². The molecule has 3 rings (SSSR count). The van der Waals surface area contributed by atoms with Gasteiger partial charge in [0, 0.05) is 0 Å². The molecule has 0 unspecified atom stereocenters. The van der Waals surface area contributed by atoms with E-state index in [9.17, 15) is 9.18 Å². The Balaban J connectivity index is 2.11. The highest BCUT2D eigenvalue weighted by Crippen LogP contribution is 2.28. The molecule has 1 aliphatic rings. The number of fused-ring (bicyclic) bond motifs is 1. The van der Waals surface area contributed by atoms with Gasteiger partial charge in [-0.3, -0.25) is 0 Å². The molecule has 2 heterocycles. The average Bonchev–Trinajstić information content (AvgIpc) is 2.85. The van der Waals surface area contributed by atoms with Crippen molar-refractivity contribution in [3.05, 3.63) is 53.7 Å². The van der Waals surface area contributed by atoms with Gasteiger partial charge in [-0.25, -0.2) is 13.9 Å². The van der Waals surface area contributed by atoms with Gasteiger partial charge in [0.25, 0.3) is 0 Å². The van der Waals surface area contributed by atoms with E-state index in [0.29, 0.717) is 11.5 Å². The van der Waals surface area contributed by atoms with Gasteiger partial charge < -0.3 is 10.4 Å². The number of aliphatic carboxylic acids is 1. The Hall–Kier alpha value is -2.70. The predicted octanol–water partition coefficient (Wildman–Crippen LogP) is 1.40. The minimum absolute atomic E-state index is 0.00485. The number of rotatable bonds is 2. The first kappa shape index (κ1) is 11.4. The van der Waals surface area contributed by atoms with Gasteiger partial charge in [0.15, 0.2) is 0 Å². The Kier molecular flexibility index (Phi) is 2.52. The lowest BCUT2D eigenvalue weighted by Gasteiger charge is -2.22. The van der Waals surface area contributed by atoms with Crippen molar-refractivity contribution in [3.63, 3.8) is 0 Å². The Morgan fingerprint density at radius 2 is 2.32 bits per heavy atom. The number of carboxylic acid groups (broad SMARTS) is 1. The van der Waals surface area contributed by atoms with Crippen LogP contribution in [0.3, 0.4) is 0 Å². The smallest absolute Gasteiger partial charge is 0.352 e. The summed E-state index contributed by atoms with van der Waals surface area (Å²) in [6, 6.07) is 5.45. The van der Waals surface area contributed by atoms with E-state index in [-0.39, 0.29) is 11.5 Å². The van der Waals surface area contributed by atoms with E-state index in [4.69, 9.17) is 5.11 Å². The lowest BCUT2D eigenvalue weighted by atomic mass is 10.0. The fraction of sp³-hybridized carbons (Fsp3) is 0.0833. The molecule has 19 heavy (non-hydrogen) atoms. The molecule has 1 aliphatic heterocycles. The molecule has 0 radical (unpaired) electrons. The number of aromatic nitrogens is 3. The third kappa shape index (κ3) is 1.95. The normalized spacial score (nSPS) is 17.3. The number of nitrogens with zero attached hydrogens (tertiary/aromatic N) is 3. The minimum Gasteiger partial charge on any atom is -0.477 e.